The van der Waals surface area contributed by atoms with Crippen molar-refractivity contribution in [2.75, 3.05) is 38.2 Å². The van der Waals surface area contributed by atoms with E-state index in [4.69, 9.17) is 4.74 Å². The minimum Gasteiger partial charge on any atom is -0.495 e. The van der Waals surface area contributed by atoms with Gasteiger partial charge in [-0.2, -0.15) is 0 Å². The normalized spacial score (nSPS) is 21.9. The van der Waals surface area contributed by atoms with E-state index in [0.717, 1.165) is 37.4 Å². The number of nitrogens with one attached hydrogen (secondary N) is 1. The fourth-order valence-corrected chi connectivity index (χ4v) is 4.58. The van der Waals surface area contributed by atoms with Crippen LogP contribution in [0.5, 0.6) is 5.75 Å². The van der Waals surface area contributed by atoms with E-state index in [9.17, 15) is 9.59 Å². The van der Waals surface area contributed by atoms with Crippen LogP contribution in [0.3, 0.4) is 0 Å². The number of para-hydroxylation sites is 2. The van der Waals surface area contributed by atoms with Gasteiger partial charge in [0.15, 0.2) is 0 Å². The molecule has 28 heavy (non-hydrogen) atoms. The smallest absolute Gasteiger partial charge is 0.238 e. The zero-order valence-electron chi connectivity index (χ0n) is 16.8. The van der Waals surface area contributed by atoms with Crippen LogP contribution in [0, 0.1) is 5.41 Å². The highest BCUT2D eigenvalue weighted by Crippen LogP contribution is 2.48. The molecule has 6 nitrogen and oxygen atoms in total. The zero-order chi connectivity index (χ0) is 19.6. The summed E-state index contributed by atoms with van der Waals surface area (Å²) in [5.41, 5.74) is 0.276. The molecule has 1 aromatic carbocycles. The van der Waals surface area contributed by atoms with Crippen molar-refractivity contribution in [3.63, 3.8) is 0 Å². The van der Waals surface area contributed by atoms with Gasteiger partial charge in [0, 0.05) is 32.2 Å². The lowest BCUT2D eigenvalue weighted by atomic mass is 9.94. The van der Waals surface area contributed by atoms with E-state index in [1.165, 1.54) is 19.3 Å². The summed E-state index contributed by atoms with van der Waals surface area (Å²) in [6.45, 7) is 2.81. The number of ether oxygens (including phenoxy) is 1. The molecule has 1 saturated heterocycles. The highest BCUT2D eigenvalue weighted by Gasteiger charge is 2.58. The Hall–Kier alpha value is -2.24. The Morgan fingerprint density at radius 1 is 1.04 bits per heavy atom. The summed E-state index contributed by atoms with van der Waals surface area (Å²) in [4.78, 5) is 30.2. The summed E-state index contributed by atoms with van der Waals surface area (Å²) in [6, 6.07) is 8.24. The summed E-state index contributed by atoms with van der Waals surface area (Å²) in [7, 11) is 1.68. The van der Waals surface area contributed by atoms with Gasteiger partial charge in [-0.15, -0.1) is 0 Å². The largest absolute Gasteiger partial charge is 0.495 e. The van der Waals surface area contributed by atoms with Gasteiger partial charge in [0.2, 0.25) is 11.8 Å². The first-order chi connectivity index (χ1) is 13.6. The molecule has 6 heteroatoms. The van der Waals surface area contributed by atoms with Crippen LogP contribution >= 0.6 is 0 Å². The molecule has 2 amide bonds. The van der Waals surface area contributed by atoms with Gasteiger partial charge < -0.3 is 19.9 Å². The SMILES string of the molecule is COc1ccccc1N1CCN(C(=O)C2(C(=O)NC3CCCCC3)CC2)CC1. The van der Waals surface area contributed by atoms with E-state index in [-0.39, 0.29) is 17.9 Å². The van der Waals surface area contributed by atoms with Crippen LogP contribution in [0.15, 0.2) is 24.3 Å². The van der Waals surface area contributed by atoms with Gasteiger partial charge in [0.25, 0.3) is 0 Å². The minimum atomic E-state index is -0.788. The zero-order valence-corrected chi connectivity index (χ0v) is 16.8. The van der Waals surface area contributed by atoms with Crippen molar-refractivity contribution >= 4 is 17.5 Å². The van der Waals surface area contributed by atoms with Crippen molar-refractivity contribution in [2.24, 2.45) is 5.41 Å². The minimum absolute atomic E-state index is 0.0282. The van der Waals surface area contributed by atoms with Crippen LogP contribution in [0.2, 0.25) is 0 Å². The van der Waals surface area contributed by atoms with Crippen molar-refractivity contribution in [3.05, 3.63) is 24.3 Å². The fourth-order valence-electron chi connectivity index (χ4n) is 4.58. The summed E-state index contributed by atoms with van der Waals surface area (Å²) in [5, 5.41) is 3.18. The van der Waals surface area contributed by atoms with Gasteiger partial charge in [-0.25, -0.2) is 0 Å². The quantitative estimate of drug-likeness (QED) is 0.792. The monoisotopic (exact) mass is 385 g/mol. The summed E-state index contributed by atoms with van der Waals surface area (Å²) < 4.78 is 5.47. The van der Waals surface area contributed by atoms with Crippen molar-refractivity contribution < 1.29 is 14.3 Å². The first kappa shape index (κ1) is 19.1. The van der Waals surface area contributed by atoms with Crippen LogP contribution < -0.4 is 15.0 Å². The molecular weight excluding hydrogens is 354 g/mol. The first-order valence-corrected chi connectivity index (χ1v) is 10.6. The van der Waals surface area contributed by atoms with Crippen molar-refractivity contribution in [1.82, 2.24) is 10.2 Å². The Balaban J connectivity index is 1.35. The maximum Gasteiger partial charge on any atom is 0.238 e. The third kappa shape index (κ3) is 3.69. The number of rotatable bonds is 5. The van der Waals surface area contributed by atoms with E-state index in [1.807, 2.05) is 23.1 Å². The maximum atomic E-state index is 13.2. The van der Waals surface area contributed by atoms with Gasteiger partial charge in [-0.05, 0) is 37.8 Å². The number of benzene rings is 1. The average Bonchev–Trinajstić information content (AvgIpc) is 3.56. The highest BCUT2D eigenvalue weighted by atomic mass is 16.5. The molecule has 3 fully saturated rings. The Morgan fingerprint density at radius 3 is 2.36 bits per heavy atom. The standard InChI is InChI=1S/C22H31N3O3/c1-28-19-10-6-5-9-18(19)24-13-15-25(16-14-24)21(27)22(11-12-22)20(26)23-17-7-3-2-4-8-17/h5-6,9-10,17H,2-4,7-8,11-16H2,1H3,(H,23,26). The van der Waals surface area contributed by atoms with Crippen LogP contribution in [0.1, 0.15) is 44.9 Å². The number of amides is 2. The molecule has 0 atom stereocenters. The number of hydrogen-bond donors (Lipinski definition) is 1. The van der Waals surface area contributed by atoms with Gasteiger partial charge in [-0.1, -0.05) is 31.4 Å². The topological polar surface area (TPSA) is 61.9 Å². The second kappa shape index (κ2) is 8.02. The molecule has 1 aromatic rings. The third-order valence-electron chi connectivity index (χ3n) is 6.53. The number of hydrogen-bond acceptors (Lipinski definition) is 4. The lowest BCUT2D eigenvalue weighted by Crippen LogP contribution is -2.54. The van der Waals surface area contributed by atoms with E-state index in [2.05, 4.69) is 16.3 Å². The Kier molecular flexibility index (Phi) is 5.47. The maximum absolute atomic E-state index is 13.2. The molecule has 1 N–H and O–H groups in total. The number of nitrogens with zero attached hydrogens (tertiary/aromatic N) is 2. The van der Waals surface area contributed by atoms with Crippen molar-refractivity contribution in [1.29, 1.82) is 0 Å². The van der Waals surface area contributed by atoms with Crippen LogP contribution in [0.25, 0.3) is 0 Å². The lowest BCUT2D eigenvalue weighted by Gasteiger charge is -2.38. The Bertz CT molecular complexity index is 717. The third-order valence-corrected chi connectivity index (χ3v) is 6.53. The lowest BCUT2D eigenvalue weighted by molar-refractivity contribution is -0.144. The number of carbonyl (C=O) groups excluding carboxylic acids is 2. The van der Waals surface area contributed by atoms with Crippen molar-refractivity contribution in [2.45, 2.75) is 51.0 Å². The molecule has 3 aliphatic rings. The second-order valence-corrected chi connectivity index (χ2v) is 8.34. The molecular formula is C22H31N3O3. The molecule has 0 radical (unpaired) electrons. The van der Waals surface area contributed by atoms with Gasteiger partial charge >= 0.3 is 0 Å². The molecule has 2 aliphatic carbocycles. The predicted molar refractivity (Wildman–Crippen MR) is 108 cm³/mol. The van der Waals surface area contributed by atoms with Gasteiger partial charge in [-0.3, -0.25) is 9.59 Å². The van der Waals surface area contributed by atoms with E-state index >= 15 is 0 Å². The number of piperazine rings is 1. The molecule has 0 bridgehead atoms. The number of anilines is 1. The summed E-state index contributed by atoms with van der Waals surface area (Å²) in [6.07, 6.45) is 7.09. The molecule has 2 saturated carbocycles. The molecule has 0 aromatic heterocycles. The Labute approximate surface area is 167 Å². The molecule has 1 heterocycles. The van der Waals surface area contributed by atoms with Crippen LogP contribution in [-0.4, -0.2) is 56.0 Å². The van der Waals surface area contributed by atoms with Crippen LogP contribution in [-0.2, 0) is 9.59 Å². The van der Waals surface area contributed by atoms with E-state index < -0.39 is 5.41 Å². The number of carbonyl (C=O) groups is 2. The second-order valence-electron chi connectivity index (χ2n) is 8.34. The van der Waals surface area contributed by atoms with Gasteiger partial charge in [0.1, 0.15) is 11.2 Å². The molecule has 1 aliphatic heterocycles. The number of methoxy groups -OCH3 is 1. The summed E-state index contributed by atoms with van der Waals surface area (Å²) in [5.74, 6) is 0.852. The molecule has 4 rings (SSSR count). The first-order valence-electron chi connectivity index (χ1n) is 10.6. The Morgan fingerprint density at radius 2 is 1.71 bits per heavy atom. The van der Waals surface area contributed by atoms with Crippen LogP contribution in [0.4, 0.5) is 5.69 Å². The van der Waals surface area contributed by atoms with E-state index in [0.29, 0.717) is 25.9 Å². The van der Waals surface area contributed by atoms with Crippen molar-refractivity contribution in [3.8, 4) is 5.75 Å². The fraction of sp³-hybridized carbons (Fsp3) is 0.636. The summed E-state index contributed by atoms with van der Waals surface area (Å²) >= 11 is 0. The highest BCUT2D eigenvalue weighted by molar-refractivity contribution is 6.08. The van der Waals surface area contributed by atoms with Gasteiger partial charge in [0.05, 0.1) is 12.8 Å². The molecule has 0 spiro atoms. The molecule has 152 valence electrons. The average molecular weight is 386 g/mol. The molecule has 0 unspecified atom stereocenters. The predicted octanol–water partition coefficient (Wildman–Crippen LogP) is 2.57. The van der Waals surface area contributed by atoms with E-state index in [1.54, 1.807) is 7.11 Å².